The standard InChI is InChI=1S/C63H110O6/c1-4-7-10-13-16-19-22-25-28-29-30-31-32-33-36-39-42-45-48-51-54-57-63(66)69-60(58-67-61(64)55-52-49-46-43-40-37-34-26-23-20-17-14-11-8-5-2)59-68-62(65)56-53-50-47-44-41-38-35-27-24-21-18-15-12-9-6-3/h8-9,11-12,17-18,20-21,26-27,34-35,60H,4-7,10,13-16,19,22-25,28-33,36-59H2,1-3H3/b11-8-,12-9-,20-17-,21-18-,34-26-,35-27-. The summed E-state index contributed by atoms with van der Waals surface area (Å²) in [7, 11) is 0. The fraction of sp³-hybridized carbons (Fsp3) is 0.762. The van der Waals surface area contributed by atoms with Crippen molar-refractivity contribution in [1.82, 2.24) is 0 Å². The molecule has 0 aromatic rings. The fourth-order valence-corrected chi connectivity index (χ4v) is 8.36. The van der Waals surface area contributed by atoms with Crippen LogP contribution >= 0.6 is 0 Å². The Morgan fingerprint density at radius 2 is 0.565 bits per heavy atom. The van der Waals surface area contributed by atoms with Gasteiger partial charge in [0, 0.05) is 19.3 Å². The molecule has 0 unspecified atom stereocenters. The van der Waals surface area contributed by atoms with Crippen LogP contribution in [-0.4, -0.2) is 37.2 Å². The summed E-state index contributed by atoms with van der Waals surface area (Å²) >= 11 is 0. The minimum absolute atomic E-state index is 0.0881. The molecule has 0 spiro atoms. The molecule has 0 aliphatic rings. The maximum atomic E-state index is 12.9. The van der Waals surface area contributed by atoms with Crippen LogP contribution in [0.5, 0.6) is 0 Å². The number of esters is 3. The largest absolute Gasteiger partial charge is 0.462 e. The minimum atomic E-state index is -0.789. The Labute approximate surface area is 427 Å². The van der Waals surface area contributed by atoms with Crippen LogP contribution in [0.25, 0.3) is 0 Å². The monoisotopic (exact) mass is 963 g/mol. The van der Waals surface area contributed by atoms with Crippen molar-refractivity contribution < 1.29 is 28.6 Å². The first-order valence-corrected chi connectivity index (χ1v) is 29.4. The maximum absolute atomic E-state index is 12.9. The van der Waals surface area contributed by atoms with Crippen molar-refractivity contribution >= 4 is 17.9 Å². The Morgan fingerprint density at radius 1 is 0.304 bits per heavy atom. The SMILES string of the molecule is CC/C=C\C/C=C\C/C=C\CCCCCCCC(=O)OCC(COC(=O)CCCCCCC/C=C\C/C=C\C/C=C\CC)OC(=O)CCCCCCCCCCCCCCCCCCCCCCC. The topological polar surface area (TPSA) is 78.9 Å². The van der Waals surface area contributed by atoms with Gasteiger partial charge in [-0.15, -0.1) is 0 Å². The van der Waals surface area contributed by atoms with Crippen LogP contribution < -0.4 is 0 Å². The molecule has 0 radical (unpaired) electrons. The lowest BCUT2D eigenvalue weighted by molar-refractivity contribution is -0.167. The van der Waals surface area contributed by atoms with E-state index in [9.17, 15) is 14.4 Å². The van der Waals surface area contributed by atoms with Gasteiger partial charge in [-0.1, -0.05) is 261 Å². The molecule has 0 saturated carbocycles. The van der Waals surface area contributed by atoms with Crippen molar-refractivity contribution in [3.05, 3.63) is 72.9 Å². The van der Waals surface area contributed by atoms with Crippen molar-refractivity contribution in [3.8, 4) is 0 Å². The maximum Gasteiger partial charge on any atom is 0.306 e. The third kappa shape index (κ3) is 55.6. The molecule has 69 heavy (non-hydrogen) atoms. The smallest absolute Gasteiger partial charge is 0.306 e. The Balaban J connectivity index is 4.37. The molecule has 0 N–H and O–H groups in total. The minimum Gasteiger partial charge on any atom is -0.462 e. The van der Waals surface area contributed by atoms with Gasteiger partial charge in [0.1, 0.15) is 13.2 Å². The van der Waals surface area contributed by atoms with Crippen molar-refractivity contribution in [2.75, 3.05) is 13.2 Å². The van der Waals surface area contributed by atoms with Crippen LogP contribution in [0.15, 0.2) is 72.9 Å². The highest BCUT2D eigenvalue weighted by Crippen LogP contribution is 2.17. The quantitative estimate of drug-likeness (QED) is 0.0262. The van der Waals surface area contributed by atoms with Crippen LogP contribution in [0.4, 0.5) is 0 Å². The molecule has 398 valence electrons. The van der Waals surface area contributed by atoms with Gasteiger partial charge >= 0.3 is 17.9 Å². The molecule has 0 heterocycles. The third-order valence-corrected chi connectivity index (χ3v) is 12.7. The molecule has 0 fully saturated rings. The van der Waals surface area contributed by atoms with Crippen molar-refractivity contribution in [3.63, 3.8) is 0 Å². The molecule has 0 bridgehead atoms. The molecule has 0 aliphatic carbocycles. The lowest BCUT2D eigenvalue weighted by atomic mass is 10.0. The van der Waals surface area contributed by atoms with E-state index in [2.05, 4.69) is 93.7 Å². The van der Waals surface area contributed by atoms with Crippen LogP contribution in [0.3, 0.4) is 0 Å². The van der Waals surface area contributed by atoms with Crippen LogP contribution in [0, 0.1) is 0 Å². The van der Waals surface area contributed by atoms with E-state index in [4.69, 9.17) is 14.2 Å². The number of allylic oxidation sites excluding steroid dienone is 12. The number of carbonyl (C=O) groups is 3. The summed E-state index contributed by atoms with van der Waals surface area (Å²) in [6, 6.07) is 0. The number of hydrogen-bond acceptors (Lipinski definition) is 6. The summed E-state index contributed by atoms with van der Waals surface area (Å²) in [6.07, 6.45) is 73.3. The number of ether oxygens (including phenoxy) is 3. The van der Waals surface area contributed by atoms with E-state index in [0.717, 1.165) is 135 Å². The summed E-state index contributed by atoms with van der Waals surface area (Å²) in [6.45, 7) is 6.42. The Bertz CT molecular complexity index is 1220. The first-order valence-electron chi connectivity index (χ1n) is 29.4. The van der Waals surface area contributed by atoms with Gasteiger partial charge in [-0.2, -0.15) is 0 Å². The molecule has 0 aliphatic heterocycles. The van der Waals surface area contributed by atoms with Gasteiger partial charge < -0.3 is 14.2 Å². The average molecular weight is 964 g/mol. The molecule has 0 aromatic heterocycles. The second-order valence-electron chi connectivity index (χ2n) is 19.5. The summed E-state index contributed by atoms with van der Waals surface area (Å²) in [4.78, 5) is 38.2. The highest BCUT2D eigenvalue weighted by Gasteiger charge is 2.19. The summed E-state index contributed by atoms with van der Waals surface area (Å²) in [5.74, 6) is -0.909. The van der Waals surface area contributed by atoms with E-state index < -0.39 is 6.10 Å². The number of carbonyl (C=O) groups excluding carboxylic acids is 3. The van der Waals surface area contributed by atoms with E-state index in [1.807, 2.05) is 0 Å². The van der Waals surface area contributed by atoms with E-state index in [1.54, 1.807) is 0 Å². The van der Waals surface area contributed by atoms with Gasteiger partial charge in [-0.25, -0.2) is 0 Å². The summed E-state index contributed by atoms with van der Waals surface area (Å²) in [5.41, 5.74) is 0. The van der Waals surface area contributed by atoms with Crippen molar-refractivity contribution in [1.29, 1.82) is 0 Å². The molecule has 0 atom stereocenters. The first kappa shape index (κ1) is 65.8. The zero-order valence-corrected chi connectivity index (χ0v) is 45.6. The van der Waals surface area contributed by atoms with Gasteiger partial charge in [-0.05, 0) is 83.5 Å². The molecular weight excluding hydrogens is 853 g/mol. The zero-order chi connectivity index (χ0) is 50.0. The molecular formula is C63H110O6. The van der Waals surface area contributed by atoms with Gasteiger partial charge in [0.2, 0.25) is 0 Å². The number of rotatable bonds is 53. The normalized spacial score (nSPS) is 12.2. The second kappa shape index (κ2) is 57.4. The predicted molar refractivity (Wildman–Crippen MR) is 298 cm³/mol. The molecule has 0 aromatic carbocycles. The fourth-order valence-electron chi connectivity index (χ4n) is 8.36. The molecule has 6 nitrogen and oxygen atoms in total. The molecule has 0 saturated heterocycles. The average Bonchev–Trinajstić information content (AvgIpc) is 3.35. The molecule has 0 amide bonds. The predicted octanol–water partition coefficient (Wildman–Crippen LogP) is 19.8. The Hall–Kier alpha value is -3.15. The van der Waals surface area contributed by atoms with E-state index in [0.29, 0.717) is 19.3 Å². The summed E-state index contributed by atoms with van der Waals surface area (Å²) in [5, 5.41) is 0. The van der Waals surface area contributed by atoms with Crippen molar-refractivity contribution in [2.45, 2.75) is 297 Å². The van der Waals surface area contributed by atoms with E-state index >= 15 is 0 Å². The number of hydrogen-bond donors (Lipinski definition) is 0. The lowest BCUT2D eigenvalue weighted by Crippen LogP contribution is -2.30. The van der Waals surface area contributed by atoms with Crippen molar-refractivity contribution in [2.24, 2.45) is 0 Å². The molecule has 0 rings (SSSR count). The van der Waals surface area contributed by atoms with Gasteiger partial charge in [0.25, 0.3) is 0 Å². The van der Waals surface area contributed by atoms with Crippen LogP contribution in [0.2, 0.25) is 0 Å². The van der Waals surface area contributed by atoms with Gasteiger partial charge in [0.15, 0.2) is 6.10 Å². The first-order chi connectivity index (χ1) is 34.0. The highest BCUT2D eigenvalue weighted by molar-refractivity contribution is 5.71. The van der Waals surface area contributed by atoms with E-state index in [1.165, 1.54) is 116 Å². The highest BCUT2D eigenvalue weighted by atomic mass is 16.6. The molecule has 6 heteroatoms. The van der Waals surface area contributed by atoms with Gasteiger partial charge in [-0.3, -0.25) is 14.4 Å². The van der Waals surface area contributed by atoms with E-state index in [-0.39, 0.29) is 31.1 Å². The van der Waals surface area contributed by atoms with Crippen LogP contribution in [0.1, 0.15) is 290 Å². The number of unbranched alkanes of at least 4 members (excludes halogenated alkanes) is 30. The Kier molecular flexibility index (Phi) is 54.8. The zero-order valence-electron chi connectivity index (χ0n) is 45.6. The lowest BCUT2D eigenvalue weighted by Gasteiger charge is -2.18. The summed E-state index contributed by atoms with van der Waals surface area (Å²) < 4.78 is 16.9. The van der Waals surface area contributed by atoms with Crippen LogP contribution in [-0.2, 0) is 28.6 Å². The Morgan fingerprint density at radius 3 is 0.884 bits per heavy atom. The second-order valence-corrected chi connectivity index (χ2v) is 19.5. The third-order valence-electron chi connectivity index (χ3n) is 12.7. The van der Waals surface area contributed by atoms with Gasteiger partial charge in [0.05, 0.1) is 0 Å².